The zero-order chi connectivity index (χ0) is 17.2. The molecule has 25 heavy (non-hydrogen) atoms. The number of amides is 1. The third kappa shape index (κ3) is 3.48. The highest BCUT2D eigenvalue weighted by atomic mass is 35.5. The number of hydrazine groups is 2. The summed E-state index contributed by atoms with van der Waals surface area (Å²) in [4.78, 5) is 12.8. The molecular weight excluding hydrogens is 338 g/mol. The molecule has 2 aromatic carbocycles. The van der Waals surface area contributed by atoms with Gasteiger partial charge in [-0.15, -0.1) is 0 Å². The summed E-state index contributed by atoms with van der Waals surface area (Å²) in [6.45, 7) is 0. The summed E-state index contributed by atoms with van der Waals surface area (Å²) in [5.74, 6) is -0.0503. The fourth-order valence-electron chi connectivity index (χ4n) is 3.39. The summed E-state index contributed by atoms with van der Waals surface area (Å²) in [5, 5.41) is 7.12. The second-order valence-corrected chi connectivity index (χ2v) is 6.76. The molecule has 5 N–H and O–H groups in total. The van der Waals surface area contributed by atoms with Gasteiger partial charge < -0.3 is 10.6 Å². The SMILES string of the molecule is O=C(NC1CCc2ccccc21)C1NNNC1Nc1ccc(Cl)cc1. The average Bonchev–Trinajstić information content (AvgIpc) is 3.24. The first-order valence-electron chi connectivity index (χ1n) is 8.37. The Morgan fingerprint density at radius 3 is 2.72 bits per heavy atom. The zero-order valence-corrected chi connectivity index (χ0v) is 14.3. The van der Waals surface area contributed by atoms with E-state index >= 15 is 0 Å². The largest absolute Gasteiger partial charge is 0.367 e. The van der Waals surface area contributed by atoms with E-state index < -0.39 is 6.04 Å². The Morgan fingerprint density at radius 2 is 1.88 bits per heavy atom. The first-order chi connectivity index (χ1) is 12.2. The van der Waals surface area contributed by atoms with Crippen molar-refractivity contribution >= 4 is 23.2 Å². The minimum absolute atomic E-state index is 0.0503. The molecular formula is C18H20ClN5O. The van der Waals surface area contributed by atoms with Gasteiger partial charge in [0.1, 0.15) is 12.2 Å². The van der Waals surface area contributed by atoms with Crippen molar-refractivity contribution in [2.75, 3.05) is 5.32 Å². The number of aryl methyl sites for hydroxylation is 1. The molecule has 1 amide bonds. The van der Waals surface area contributed by atoms with E-state index in [0.717, 1.165) is 18.5 Å². The second-order valence-electron chi connectivity index (χ2n) is 6.32. The topological polar surface area (TPSA) is 77.2 Å². The Morgan fingerprint density at radius 1 is 1.08 bits per heavy atom. The number of benzene rings is 2. The average molecular weight is 358 g/mol. The second kappa shape index (κ2) is 7.01. The number of halogens is 1. The van der Waals surface area contributed by atoms with Crippen molar-refractivity contribution < 1.29 is 4.79 Å². The lowest BCUT2D eigenvalue weighted by molar-refractivity contribution is -0.123. The summed E-state index contributed by atoms with van der Waals surface area (Å²) in [5.41, 5.74) is 12.3. The molecule has 0 bridgehead atoms. The van der Waals surface area contributed by atoms with Gasteiger partial charge in [0.05, 0.1) is 6.04 Å². The van der Waals surface area contributed by atoms with Crippen molar-refractivity contribution in [1.82, 2.24) is 21.7 Å². The lowest BCUT2D eigenvalue weighted by atomic mass is 10.1. The van der Waals surface area contributed by atoms with Crippen molar-refractivity contribution in [3.8, 4) is 0 Å². The van der Waals surface area contributed by atoms with E-state index in [1.165, 1.54) is 11.1 Å². The molecule has 3 atom stereocenters. The number of rotatable bonds is 4. The van der Waals surface area contributed by atoms with Gasteiger partial charge in [0.2, 0.25) is 5.91 Å². The van der Waals surface area contributed by atoms with Crippen LogP contribution in [0.25, 0.3) is 0 Å². The molecule has 130 valence electrons. The molecule has 2 aromatic rings. The maximum Gasteiger partial charge on any atom is 0.242 e. The first-order valence-corrected chi connectivity index (χ1v) is 8.75. The van der Waals surface area contributed by atoms with E-state index in [0.29, 0.717) is 5.02 Å². The molecule has 2 aliphatic rings. The number of nitrogens with one attached hydrogen (secondary N) is 5. The van der Waals surface area contributed by atoms with E-state index in [9.17, 15) is 4.79 Å². The van der Waals surface area contributed by atoms with E-state index in [1.807, 2.05) is 36.4 Å². The van der Waals surface area contributed by atoms with Crippen LogP contribution in [0.4, 0.5) is 5.69 Å². The van der Waals surface area contributed by atoms with Crippen LogP contribution < -0.4 is 27.0 Å². The summed E-state index contributed by atoms with van der Waals surface area (Å²) in [7, 11) is 0. The lowest BCUT2D eigenvalue weighted by Crippen LogP contribution is -2.51. The Hall–Kier alpha value is -2.12. The Labute approximate surface area is 151 Å². The highest BCUT2D eigenvalue weighted by Crippen LogP contribution is 2.30. The predicted octanol–water partition coefficient (Wildman–Crippen LogP) is 1.86. The minimum atomic E-state index is -0.441. The molecule has 4 rings (SSSR count). The predicted molar refractivity (Wildman–Crippen MR) is 97.7 cm³/mol. The van der Waals surface area contributed by atoms with Crippen LogP contribution in [0.2, 0.25) is 5.02 Å². The molecule has 0 spiro atoms. The normalized spacial score (nSPS) is 24.8. The highest BCUT2D eigenvalue weighted by Gasteiger charge is 2.35. The van der Waals surface area contributed by atoms with Crippen LogP contribution in [-0.2, 0) is 11.2 Å². The van der Waals surface area contributed by atoms with Gasteiger partial charge in [0.15, 0.2) is 0 Å². The minimum Gasteiger partial charge on any atom is -0.367 e. The van der Waals surface area contributed by atoms with Crippen molar-refractivity contribution in [3.05, 3.63) is 64.7 Å². The summed E-state index contributed by atoms with van der Waals surface area (Å²) in [6, 6.07) is 15.3. The standard InChI is InChI=1S/C18H20ClN5O/c19-12-6-8-13(9-7-12)20-17-16(22-24-23-17)18(25)21-15-10-5-11-3-1-2-4-14(11)15/h1-4,6-9,15-17,20,22-24H,5,10H2,(H,21,25). The van der Waals surface area contributed by atoms with Crippen molar-refractivity contribution in [3.63, 3.8) is 0 Å². The van der Waals surface area contributed by atoms with E-state index in [1.54, 1.807) is 0 Å². The van der Waals surface area contributed by atoms with Crippen molar-refractivity contribution in [2.24, 2.45) is 0 Å². The van der Waals surface area contributed by atoms with Crippen LogP contribution in [-0.4, -0.2) is 18.1 Å². The molecule has 0 saturated carbocycles. The fraction of sp³-hybridized carbons (Fsp3) is 0.278. The number of carbonyl (C=O) groups is 1. The van der Waals surface area contributed by atoms with Crippen LogP contribution >= 0.6 is 11.6 Å². The third-order valence-electron chi connectivity index (χ3n) is 4.69. The van der Waals surface area contributed by atoms with Gasteiger partial charge in [-0.25, -0.2) is 10.9 Å². The number of hydrogen-bond acceptors (Lipinski definition) is 5. The van der Waals surface area contributed by atoms with Gasteiger partial charge in [0.25, 0.3) is 0 Å². The number of anilines is 1. The van der Waals surface area contributed by atoms with Gasteiger partial charge in [-0.2, -0.15) is 5.53 Å². The number of fused-ring (bicyclic) bond motifs is 1. The number of carbonyl (C=O) groups excluding carboxylic acids is 1. The molecule has 3 unspecified atom stereocenters. The van der Waals surface area contributed by atoms with Crippen LogP contribution in [0.1, 0.15) is 23.6 Å². The monoisotopic (exact) mass is 357 g/mol. The van der Waals surface area contributed by atoms with Crippen LogP contribution in [0.15, 0.2) is 48.5 Å². The lowest BCUT2D eigenvalue weighted by Gasteiger charge is -2.22. The molecule has 0 radical (unpaired) electrons. The highest BCUT2D eigenvalue weighted by molar-refractivity contribution is 6.30. The number of hydrogen-bond donors (Lipinski definition) is 5. The smallest absolute Gasteiger partial charge is 0.242 e. The summed E-state index contributed by atoms with van der Waals surface area (Å²) in [6.07, 6.45) is 1.66. The Bertz CT molecular complexity index is 766. The first kappa shape index (κ1) is 16.4. The van der Waals surface area contributed by atoms with Gasteiger partial charge in [0, 0.05) is 10.7 Å². The van der Waals surface area contributed by atoms with E-state index in [2.05, 4.69) is 39.2 Å². The van der Waals surface area contributed by atoms with Crippen molar-refractivity contribution in [1.29, 1.82) is 0 Å². The molecule has 1 aliphatic heterocycles. The molecule has 7 heteroatoms. The van der Waals surface area contributed by atoms with Crippen LogP contribution in [0, 0.1) is 0 Å². The van der Waals surface area contributed by atoms with Crippen LogP contribution in [0.3, 0.4) is 0 Å². The summed E-state index contributed by atoms with van der Waals surface area (Å²) >= 11 is 5.91. The maximum atomic E-state index is 12.8. The molecule has 0 aromatic heterocycles. The molecule has 1 aliphatic carbocycles. The van der Waals surface area contributed by atoms with E-state index in [4.69, 9.17) is 11.6 Å². The van der Waals surface area contributed by atoms with Gasteiger partial charge >= 0.3 is 0 Å². The third-order valence-corrected chi connectivity index (χ3v) is 4.94. The fourth-order valence-corrected chi connectivity index (χ4v) is 3.52. The Kier molecular flexibility index (Phi) is 4.59. The summed E-state index contributed by atoms with van der Waals surface area (Å²) < 4.78 is 0. The molecule has 1 fully saturated rings. The van der Waals surface area contributed by atoms with E-state index in [-0.39, 0.29) is 18.1 Å². The van der Waals surface area contributed by atoms with Crippen LogP contribution in [0.5, 0.6) is 0 Å². The zero-order valence-electron chi connectivity index (χ0n) is 13.6. The molecule has 6 nitrogen and oxygen atoms in total. The van der Waals surface area contributed by atoms with Gasteiger partial charge in [-0.3, -0.25) is 4.79 Å². The Balaban J connectivity index is 1.42. The van der Waals surface area contributed by atoms with Gasteiger partial charge in [-0.05, 0) is 48.2 Å². The van der Waals surface area contributed by atoms with Gasteiger partial charge in [-0.1, -0.05) is 35.9 Å². The molecule has 1 saturated heterocycles. The quantitative estimate of drug-likeness (QED) is 0.577. The molecule has 1 heterocycles. The maximum absolute atomic E-state index is 12.8. The van der Waals surface area contributed by atoms with Crippen molar-refractivity contribution in [2.45, 2.75) is 31.1 Å².